The molecule has 0 saturated carbocycles. The Morgan fingerprint density at radius 2 is 2.00 bits per heavy atom. The molecule has 1 aliphatic heterocycles. The molecule has 8 nitrogen and oxygen atoms in total. The summed E-state index contributed by atoms with van der Waals surface area (Å²) in [5.74, 6) is 2.14. The molecule has 0 spiro atoms. The molecule has 1 aromatic carbocycles. The number of ether oxygens (including phenoxy) is 1. The highest BCUT2D eigenvalue weighted by molar-refractivity contribution is 7.98. The normalized spacial score (nSPS) is 16.4. The number of hydrogen-bond acceptors (Lipinski definition) is 8. The predicted octanol–water partition coefficient (Wildman–Crippen LogP) is 4.20. The van der Waals surface area contributed by atoms with Crippen LogP contribution in [-0.2, 0) is 17.0 Å². The van der Waals surface area contributed by atoms with Crippen LogP contribution in [0.15, 0.2) is 56.7 Å². The van der Waals surface area contributed by atoms with Crippen LogP contribution < -0.4 is 0 Å². The van der Waals surface area contributed by atoms with Gasteiger partial charge in [0.05, 0.1) is 24.7 Å². The van der Waals surface area contributed by atoms with Gasteiger partial charge in [-0.15, -0.1) is 20.4 Å². The lowest BCUT2D eigenvalue weighted by Gasteiger charge is -2.14. The SMILES string of the molecule is Fc1ccc(-c2nnc(SCc3nnc(-c4ccco4)o3)n2C[C@@H]2CCCO2)cc1. The summed E-state index contributed by atoms with van der Waals surface area (Å²) in [7, 11) is 0. The van der Waals surface area contributed by atoms with E-state index in [9.17, 15) is 4.39 Å². The summed E-state index contributed by atoms with van der Waals surface area (Å²) in [6.07, 6.45) is 3.69. The highest BCUT2D eigenvalue weighted by atomic mass is 32.2. The van der Waals surface area contributed by atoms with Crippen molar-refractivity contribution >= 4 is 11.8 Å². The van der Waals surface area contributed by atoms with Gasteiger partial charge < -0.3 is 13.6 Å². The second-order valence-electron chi connectivity index (χ2n) is 6.83. The maximum atomic E-state index is 13.4. The fraction of sp³-hybridized carbons (Fsp3) is 0.300. The number of rotatable bonds is 7. The van der Waals surface area contributed by atoms with Gasteiger partial charge in [0.15, 0.2) is 16.7 Å². The van der Waals surface area contributed by atoms with Crippen LogP contribution in [0, 0.1) is 5.82 Å². The van der Waals surface area contributed by atoms with Gasteiger partial charge in [0.25, 0.3) is 5.89 Å². The van der Waals surface area contributed by atoms with E-state index in [-0.39, 0.29) is 11.9 Å². The molecule has 4 aromatic rings. The maximum Gasteiger partial charge on any atom is 0.283 e. The summed E-state index contributed by atoms with van der Waals surface area (Å²) in [6, 6.07) is 9.76. The highest BCUT2D eigenvalue weighted by Gasteiger charge is 2.22. The van der Waals surface area contributed by atoms with E-state index in [0.29, 0.717) is 40.8 Å². The smallest absolute Gasteiger partial charge is 0.283 e. The summed E-state index contributed by atoms with van der Waals surface area (Å²) < 4.78 is 32.1. The van der Waals surface area contributed by atoms with Crippen molar-refractivity contribution in [1.29, 1.82) is 0 Å². The van der Waals surface area contributed by atoms with Crippen LogP contribution in [0.5, 0.6) is 0 Å². The number of hydrogen-bond donors (Lipinski definition) is 0. The van der Waals surface area contributed by atoms with Crippen molar-refractivity contribution in [3.05, 3.63) is 54.4 Å². The van der Waals surface area contributed by atoms with Crippen LogP contribution in [0.3, 0.4) is 0 Å². The molecular formula is C20H18FN5O3S. The second kappa shape index (κ2) is 8.41. The van der Waals surface area contributed by atoms with Crippen LogP contribution in [0.2, 0.25) is 0 Å². The first-order valence-corrected chi connectivity index (χ1v) is 10.5. The van der Waals surface area contributed by atoms with E-state index in [0.717, 1.165) is 25.0 Å². The highest BCUT2D eigenvalue weighted by Crippen LogP contribution is 2.29. The van der Waals surface area contributed by atoms with E-state index in [4.69, 9.17) is 13.6 Å². The van der Waals surface area contributed by atoms with Crippen molar-refractivity contribution in [1.82, 2.24) is 25.0 Å². The molecule has 4 heterocycles. The predicted molar refractivity (Wildman–Crippen MR) is 106 cm³/mol. The van der Waals surface area contributed by atoms with Gasteiger partial charge in [0.1, 0.15) is 5.82 Å². The molecule has 154 valence electrons. The summed E-state index contributed by atoms with van der Waals surface area (Å²) >= 11 is 1.45. The number of aromatic nitrogens is 5. The fourth-order valence-corrected chi connectivity index (χ4v) is 4.09. The first kappa shape index (κ1) is 19.0. The number of thioether (sulfide) groups is 1. The Balaban J connectivity index is 1.37. The molecule has 0 radical (unpaired) electrons. The minimum absolute atomic E-state index is 0.105. The van der Waals surface area contributed by atoms with E-state index in [2.05, 4.69) is 20.4 Å². The van der Waals surface area contributed by atoms with Crippen LogP contribution in [0.4, 0.5) is 4.39 Å². The van der Waals surface area contributed by atoms with Crippen LogP contribution in [0.25, 0.3) is 23.0 Å². The van der Waals surface area contributed by atoms with Crippen LogP contribution >= 0.6 is 11.8 Å². The molecule has 1 saturated heterocycles. The Bertz CT molecular complexity index is 1100. The molecule has 1 aliphatic rings. The van der Waals surface area contributed by atoms with E-state index in [1.54, 1.807) is 30.5 Å². The molecule has 3 aromatic heterocycles. The van der Waals surface area contributed by atoms with Gasteiger partial charge in [0, 0.05) is 12.2 Å². The zero-order valence-electron chi connectivity index (χ0n) is 15.9. The Hall–Kier alpha value is -2.98. The summed E-state index contributed by atoms with van der Waals surface area (Å²) in [6.45, 7) is 1.39. The fourth-order valence-electron chi connectivity index (χ4n) is 3.30. The topological polar surface area (TPSA) is 92.0 Å². The summed E-state index contributed by atoms with van der Waals surface area (Å²) in [4.78, 5) is 0. The third-order valence-electron chi connectivity index (χ3n) is 4.75. The molecule has 1 atom stereocenters. The van der Waals surface area contributed by atoms with Gasteiger partial charge >= 0.3 is 0 Å². The Morgan fingerprint density at radius 1 is 1.10 bits per heavy atom. The molecular weight excluding hydrogens is 409 g/mol. The number of furan rings is 1. The summed E-state index contributed by atoms with van der Waals surface area (Å²) in [5, 5.41) is 17.5. The third kappa shape index (κ3) is 4.01. The Morgan fingerprint density at radius 3 is 2.77 bits per heavy atom. The average Bonchev–Trinajstić information content (AvgIpc) is 3.55. The van der Waals surface area contributed by atoms with E-state index in [1.807, 2.05) is 4.57 Å². The first-order chi connectivity index (χ1) is 14.8. The minimum atomic E-state index is -0.290. The molecule has 0 bridgehead atoms. The van der Waals surface area contributed by atoms with Crippen molar-refractivity contribution in [3.8, 4) is 23.0 Å². The molecule has 0 N–H and O–H groups in total. The number of halogens is 1. The monoisotopic (exact) mass is 427 g/mol. The lowest BCUT2D eigenvalue weighted by molar-refractivity contribution is 0.0953. The van der Waals surface area contributed by atoms with E-state index >= 15 is 0 Å². The molecule has 30 heavy (non-hydrogen) atoms. The van der Waals surface area contributed by atoms with Crippen LogP contribution in [0.1, 0.15) is 18.7 Å². The van der Waals surface area contributed by atoms with Crippen molar-refractivity contribution in [2.24, 2.45) is 0 Å². The summed E-state index contributed by atoms with van der Waals surface area (Å²) in [5.41, 5.74) is 0.798. The van der Waals surface area contributed by atoms with Crippen LogP contribution in [-0.4, -0.2) is 37.7 Å². The van der Waals surface area contributed by atoms with Crippen molar-refractivity contribution in [3.63, 3.8) is 0 Å². The standard InChI is InChI=1S/C20H18FN5O3S/c21-14-7-5-13(6-8-14)18-23-25-20(26(18)11-15-3-1-9-27-15)30-12-17-22-24-19(29-17)16-4-2-10-28-16/h2,4-8,10,15H,1,3,9,11-12H2/t15-/m0/s1. The van der Waals surface area contributed by atoms with Gasteiger partial charge in [-0.1, -0.05) is 11.8 Å². The van der Waals surface area contributed by atoms with Gasteiger partial charge in [-0.2, -0.15) is 0 Å². The minimum Gasteiger partial charge on any atom is -0.459 e. The zero-order chi connectivity index (χ0) is 20.3. The van der Waals surface area contributed by atoms with Gasteiger partial charge in [0.2, 0.25) is 5.89 Å². The quantitative estimate of drug-likeness (QED) is 0.405. The molecule has 10 heteroatoms. The van der Waals surface area contributed by atoms with E-state index in [1.165, 1.54) is 23.9 Å². The molecule has 0 aliphatic carbocycles. The lowest BCUT2D eigenvalue weighted by atomic mass is 10.2. The second-order valence-corrected chi connectivity index (χ2v) is 7.77. The molecule has 0 amide bonds. The zero-order valence-corrected chi connectivity index (χ0v) is 16.7. The molecule has 5 rings (SSSR count). The van der Waals surface area contributed by atoms with E-state index < -0.39 is 0 Å². The van der Waals surface area contributed by atoms with Crippen molar-refractivity contribution in [2.45, 2.75) is 36.4 Å². The van der Waals surface area contributed by atoms with Gasteiger partial charge in [-0.05, 0) is 49.2 Å². The first-order valence-electron chi connectivity index (χ1n) is 9.56. The van der Waals surface area contributed by atoms with Crippen molar-refractivity contribution in [2.75, 3.05) is 6.61 Å². The maximum absolute atomic E-state index is 13.4. The number of nitrogens with zero attached hydrogens (tertiary/aromatic N) is 5. The molecule has 0 unspecified atom stereocenters. The molecule has 1 fully saturated rings. The Kier molecular flexibility index (Phi) is 5.33. The van der Waals surface area contributed by atoms with Gasteiger partial charge in [-0.25, -0.2) is 4.39 Å². The Labute approximate surface area is 175 Å². The largest absolute Gasteiger partial charge is 0.459 e. The van der Waals surface area contributed by atoms with Gasteiger partial charge in [-0.3, -0.25) is 4.57 Å². The number of benzene rings is 1. The lowest BCUT2D eigenvalue weighted by Crippen LogP contribution is -2.16. The third-order valence-corrected chi connectivity index (χ3v) is 5.70. The average molecular weight is 427 g/mol. The van der Waals surface area contributed by atoms with Crippen molar-refractivity contribution < 1.29 is 18.0 Å².